The molecule has 0 radical (unpaired) electrons. The lowest BCUT2D eigenvalue weighted by Gasteiger charge is -2.17. The highest BCUT2D eigenvalue weighted by Crippen LogP contribution is 2.23. The molecule has 0 bridgehead atoms. The fourth-order valence-corrected chi connectivity index (χ4v) is 2.28. The van der Waals surface area contributed by atoms with Gasteiger partial charge < -0.3 is 10.1 Å². The van der Waals surface area contributed by atoms with Crippen LogP contribution in [0.5, 0.6) is 0 Å². The molecule has 0 heterocycles. The van der Waals surface area contributed by atoms with Crippen LogP contribution in [0.2, 0.25) is 0 Å². The first-order valence-electron chi connectivity index (χ1n) is 8.33. The zero-order valence-corrected chi connectivity index (χ0v) is 15.1. The van der Waals surface area contributed by atoms with Crippen LogP contribution in [0.1, 0.15) is 34.1 Å². The number of urea groups is 1. The van der Waals surface area contributed by atoms with Gasteiger partial charge in [-0.05, 0) is 18.4 Å². The van der Waals surface area contributed by atoms with Crippen LogP contribution >= 0.6 is 0 Å². The molecular weight excluding hydrogens is 316 g/mol. The summed E-state index contributed by atoms with van der Waals surface area (Å²) in [5, 5.41) is 4.72. The smallest absolute Gasteiger partial charge is 0.348 e. The van der Waals surface area contributed by atoms with Gasteiger partial charge in [-0.1, -0.05) is 57.2 Å². The molecule has 0 saturated heterocycles. The predicted octanol–water partition coefficient (Wildman–Crippen LogP) is 4.81. The van der Waals surface area contributed by atoms with E-state index in [1.165, 1.54) is 0 Å². The molecule has 1 N–H and O–H groups in total. The summed E-state index contributed by atoms with van der Waals surface area (Å²) in [4.78, 5) is 28.4. The van der Waals surface area contributed by atoms with Crippen LogP contribution in [0.3, 0.4) is 0 Å². The van der Waals surface area contributed by atoms with Gasteiger partial charge in [-0.3, -0.25) is 4.79 Å². The van der Waals surface area contributed by atoms with Gasteiger partial charge in [0, 0.05) is 10.8 Å². The van der Waals surface area contributed by atoms with E-state index >= 15 is 0 Å². The molecule has 5 nitrogen and oxygen atoms in total. The van der Waals surface area contributed by atoms with Gasteiger partial charge in [-0.25, -0.2) is 4.79 Å². The lowest BCUT2D eigenvalue weighted by molar-refractivity contribution is -0.125. The summed E-state index contributed by atoms with van der Waals surface area (Å²) in [6.45, 7) is 7.62. The summed E-state index contributed by atoms with van der Waals surface area (Å²) in [6, 6.07) is 12.9. The molecule has 0 saturated carbocycles. The Balaban J connectivity index is 2.19. The maximum atomic E-state index is 12.3. The van der Waals surface area contributed by atoms with Crippen molar-refractivity contribution in [3.05, 3.63) is 42.5 Å². The van der Waals surface area contributed by atoms with E-state index in [-0.39, 0.29) is 18.1 Å². The second kappa shape index (κ2) is 7.92. The molecule has 2 rings (SSSR count). The number of ketones is 1. The lowest BCUT2D eigenvalue weighted by atomic mass is 9.89. The highest BCUT2D eigenvalue weighted by atomic mass is 16.5. The predicted molar refractivity (Wildman–Crippen MR) is 101 cm³/mol. The number of amides is 2. The fourth-order valence-electron chi connectivity index (χ4n) is 2.28. The van der Waals surface area contributed by atoms with Gasteiger partial charge in [-0.2, -0.15) is 4.99 Å². The molecule has 0 fully saturated rings. The molecule has 0 aliphatic heterocycles. The number of benzene rings is 2. The molecular formula is C20H24N2O3. The quantitative estimate of drug-likeness (QED) is 0.641. The zero-order valence-electron chi connectivity index (χ0n) is 15.1. The molecule has 0 aliphatic carbocycles. The van der Waals surface area contributed by atoms with Gasteiger partial charge in [0.2, 0.25) is 5.90 Å². The first kappa shape index (κ1) is 18.6. The van der Waals surface area contributed by atoms with Crippen molar-refractivity contribution in [2.24, 2.45) is 10.4 Å². The first-order valence-corrected chi connectivity index (χ1v) is 8.33. The van der Waals surface area contributed by atoms with Crippen LogP contribution < -0.4 is 5.32 Å². The Morgan fingerprint density at radius 3 is 2.44 bits per heavy atom. The van der Waals surface area contributed by atoms with Crippen molar-refractivity contribution < 1.29 is 14.3 Å². The average Bonchev–Trinajstić information content (AvgIpc) is 2.54. The standard InChI is InChI=1S/C20H24N2O3/c1-5-25-18(13-17(23)20(2,3)4)22-19(24)21-16-12-8-10-14-9-6-7-11-15(14)16/h6-12H,5,13H2,1-4H3,(H,21,24)/b22-18-. The minimum absolute atomic E-state index is 0.000295. The van der Waals surface area contributed by atoms with Crippen molar-refractivity contribution in [2.45, 2.75) is 34.1 Å². The van der Waals surface area contributed by atoms with Gasteiger partial charge >= 0.3 is 6.03 Å². The van der Waals surface area contributed by atoms with Crippen molar-refractivity contribution in [3.63, 3.8) is 0 Å². The van der Waals surface area contributed by atoms with E-state index in [1.54, 1.807) is 6.92 Å². The maximum Gasteiger partial charge on any atom is 0.348 e. The minimum Gasteiger partial charge on any atom is -0.481 e. The van der Waals surface area contributed by atoms with E-state index in [4.69, 9.17) is 4.74 Å². The van der Waals surface area contributed by atoms with Crippen LogP contribution in [0, 0.1) is 5.41 Å². The van der Waals surface area contributed by atoms with Crippen LogP contribution in [-0.4, -0.2) is 24.3 Å². The number of fused-ring (bicyclic) bond motifs is 1. The molecule has 0 spiro atoms. The number of aliphatic imine (C=N–C) groups is 1. The number of carbonyl (C=O) groups excluding carboxylic acids is 2. The van der Waals surface area contributed by atoms with Crippen molar-refractivity contribution in [1.29, 1.82) is 0 Å². The number of ether oxygens (including phenoxy) is 1. The third-order valence-corrected chi connectivity index (χ3v) is 3.72. The van der Waals surface area contributed by atoms with E-state index in [0.717, 1.165) is 10.8 Å². The molecule has 2 aromatic rings. The summed E-state index contributed by atoms with van der Waals surface area (Å²) >= 11 is 0. The topological polar surface area (TPSA) is 67.8 Å². The van der Waals surface area contributed by atoms with Crippen molar-refractivity contribution in [3.8, 4) is 0 Å². The van der Waals surface area contributed by atoms with E-state index in [2.05, 4.69) is 10.3 Å². The summed E-state index contributed by atoms with van der Waals surface area (Å²) in [7, 11) is 0. The summed E-state index contributed by atoms with van der Waals surface area (Å²) < 4.78 is 5.37. The van der Waals surface area contributed by atoms with Crippen LogP contribution in [0.4, 0.5) is 10.5 Å². The van der Waals surface area contributed by atoms with Crippen LogP contribution in [-0.2, 0) is 9.53 Å². The highest BCUT2D eigenvalue weighted by Gasteiger charge is 2.23. The molecule has 0 unspecified atom stereocenters. The Morgan fingerprint density at radius 2 is 1.76 bits per heavy atom. The zero-order chi connectivity index (χ0) is 18.4. The second-order valence-corrected chi connectivity index (χ2v) is 6.75. The SMILES string of the molecule is CCO/C(CC(=O)C(C)(C)C)=N\C(=O)Nc1cccc2ccccc12. The highest BCUT2D eigenvalue weighted by molar-refractivity contribution is 6.08. The molecule has 2 aromatic carbocycles. The van der Waals surface area contributed by atoms with E-state index in [1.807, 2.05) is 63.2 Å². The number of anilines is 1. The maximum absolute atomic E-state index is 12.3. The normalized spacial score (nSPS) is 12.1. The van der Waals surface area contributed by atoms with Gasteiger partial charge in [0.25, 0.3) is 0 Å². The molecule has 0 aliphatic rings. The van der Waals surface area contributed by atoms with Gasteiger partial charge in [0.15, 0.2) is 0 Å². The Bertz CT molecular complexity index is 799. The Kier molecular flexibility index (Phi) is 5.91. The largest absolute Gasteiger partial charge is 0.481 e. The van der Waals surface area contributed by atoms with Crippen molar-refractivity contribution in [1.82, 2.24) is 0 Å². The van der Waals surface area contributed by atoms with Crippen LogP contribution in [0.25, 0.3) is 10.8 Å². The van der Waals surface area contributed by atoms with E-state index in [9.17, 15) is 9.59 Å². The molecule has 5 heteroatoms. The molecule has 0 atom stereocenters. The molecule has 25 heavy (non-hydrogen) atoms. The average molecular weight is 340 g/mol. The molecule has 0 aromatic heterocycles. The number of nitrogens with zero attached hydrogens (tertiary/aromatic N) is 1. The summed E-state index contributed by atoms with van der Waals surface area (Å²) in [5.41, 5.74) is 0.161. The number of Topliss-reactive ketones (excluding diaryl/α,β-unsaturated/α-hetero) is 1. The Hall–Kier alpha value is -2.69. The first-order chi connectivity index (χ1) is 11.8. The number of carbonyl (C=O) groups is 2. The summed E-state index contributed by atoms with van der Waals surface area (Å²) in [5.74, 6) is 0.109. The van der Waals surface area contributed by atoms with Gasteiger partial charge in [0.05, 0.1) is 18.7 Å². The van der Waals surface area contributed by atoms with Crippen LogP contribution in [0.15, 0.2) is 47.5 Å². The summed E-state index contributed by atoms with van der Waals surface area (Å²) in [6.07, 6.45) is 0.000295. The third-order valence-electron chi connectivity index (χ3n) is 3.72. The van der Waals surface area contributed by atoms with E-state index < -0.39 is 11.4 Å². The van der Waals surface area contributed by atoms with E-state index in [0.29, 0.717) is 12.3 Å². The number of hydrogen-bond donors (Lipinski definition) is 1. The fraction of sp³-hybridized carbons (Fsp3) is 0.350. The Labute approximate surface area is 148 Å². The molecule has 132 valence electrons. The number of nitrogens with one attached hydrogen (secondary N) is 1. The molecule has 2 amide bonds. The van der Waals surface area contributed by atoms with Gasteiger partial charge in [0.1, 0.15) is 5.78 Å². The monoisotopic (exact) mass is 340 g/mol. The minimum atomic E-state index is -0.554. The number of hydrogen-bond acceptors (Lipinski definition) is 3. The second-order valence-electron chi connectivity index (χ2n) is 6.75. The van der Waals surface area contributed by atoms with Gasteiger partial charge in [-0.15, -0.1) is 0 Å². The van der Waals surface area contributed by atoms with Crippen molar-refractivity contribution in [2.75, 3.05) is 11.9 Å². The van der Waals surface area contributed by atoms with Crippen molar-refractivity contribution >= 4 is 34.2 Å². The Morgan fingerprint density at radius 1 is 1.08 bits per heavy atom. The number of rotatable bonds is 4. The lowest BCUT2D eigenvalue weighted by Crippen LogP contribution is -2.25. The third kappa shape index (κ3) is 5.14.